The number of fused-ring (bicyclic) bond motifs is 3. The number of Topliss-reactive ketones (excluding diaryl/α,β-unsaturated/α-hetero) is 1. The van der Waals surface area contributed by atoms with Gasteiger partial charge in [-0.15, -0.1) is 5.10 Å². The third kappa shape index (κ3) is 4.54. The molecule has 1 aromatic heterocycles. The first-order chi connectivity index (χ1) is 15.1. The lowest BCUT2D eigenvalue weighted by Gasteiger charge is -2.23. The summed E-state index contributed by atoms with van der Waals surface area (Å²) in [4.78, 5) is 26.5. The Labute approximate surface area is 185 Å². The van der Waals surface area contributed by atoms with E-state index in [0.717, 1.165) is 40.0 Å². The van der Waals surface area contributed by atoms with Crippen molar-refractivity contribution < 1.29 is 14.3 Å². The van der Waals surface area contributed by atoms with Gasteiger partial charge >= 0.3 is 0 Å². The molecular weight excluding hydrogens is 409 g/mol. The third-order valence-corrected chi connectivity index (χ3v) is 5.27. The monoisotopic (exact) mass is 433 g/mol. The van der Waals surface area contributed by atoms with Crippen molar-refractivity contribution in [2.75, 3.05) is 4.90 Å². The molecular formula is C24H24FN5O2. The molecule has 0 saturated carbocycles. The van der Waals surface area contributed by atoms with Crippen molar-refractivity contribution in [2.45, 2.75) is 26.2 Å². The molecule has 3 aromatic carbocycles. The molecule has 4 aromatic rings. The van der Waals surface area contributed by atoms with Gasteiger partial charge in [0, 0.05) is 25.6 Å². The molecule has 1 aliphatic rings. The van der Waals surface area contributed by atoms with Crippen LogP contribution in [0.4, 0.5) is 16.1 Å². The maximum Gasteiger partial charge on any atom is 0.239 e. The minimum absolute atomic E-state index is 0. The zero-order valence-corrected chi connectivity index (χ0v) is 17.9. The summed E-state index contributed by atoms with van der Waals surface area (Å²) in [6.45, 7) is 2.02. The summed E-state index contributed by atoms with van der Waals surface area (Å²) in [6, 6.07) is 21.4. The highest BCUT2D eigenvalue weighted by molar-refractivity contribution is 6.14. The van der Waals surface area contributed by atoms with Crippen LogP contribution in [0.1, 0.15) is 24.7 Å². The van der Waals surface area contributed by atoms with Crippen LogP contribution in [0, 0.1) is 0 Å². The Kier molecular flexibility index (Phi) is 7.04. The van der Waals surface area contributed by atoms with Gasteiger partial charge in [0.2, 0.25) is 5.91 Å². The fraction of sp³-hybridized carbons (Fsp3) is 0.208. The third-order valence-electron chi connectivity index (χ3n) is 5.27. The molecule has 0 radical (unpaired) electrons. The van der Waals surface area contributed by atoms with E-state index in [-0.39, 0.29) is 22.8 Å². The van der Waals surface area contributed by atoms with E-state index in [1.54, 1.807) is 9.58 Å². The van der Waals surface area contributed by atoms with Crippen LogP contribution >= 0.6 is 0 Å². The smallest absolute Gasteiger partial charge is 0.239 e. The Bertz CT molecular complexity index is 1240. The number of hydrogen-bond acceptors (Lipinski definition) is 5. The van der Waals surface area contributed by atoms with Crippen molar-refractivity contribution in [1.29, 1.82) is 0 Å². The minimum atomic E-state index is -0.171. The predicted molar refractivity (Wildman–Crippen MR) is 122 cm³/mol. The van der Waals surface area contributed by atoms with E-state index in [1.807, 2.05) is 80.7 Å². The van der Waals surface area contributed by atoms with E-state index >= 15 is 0 Å². The number of aryl methyl sites for hydroxylation is 2. The van der Waals surface area contributed by atoms with Gasteiger partial charge in [-0.25, -0.2) is 4.68 Å². The van der Waals surface area contributed by atoms with Gasteiger partial charge in [0.1, 0.15) is 5.78 Å². The summed E-state index contributed by atoms with van der Waals surface area (Å²) < 4.78 is 1.67. The van der Waals surface area contributed by atoms with Crippen molar-refractivity contribution in [3.05, 3.63) is 78.1 Å². The molecule has 0 spiro atoms. The van der Waals surface area contributed by atoms with Crippen molar-refractivity contribution in [3.63, 3.8) is 0 Å². The predicted octanol–water partition coefficient (Wildman–Crippen LogP) is 3.94. The first-order valence-electron chi connectivity index (χ1n) is 10.2. The van der Waals surface area contributed by atoms with Crippen molar-refractivity contribution in [1.82, 2.24) is 20.2 Å². The largest absolute Gasteiger partial charge is 0.299 e. The highest BCUT2D eigenvalue weighted by atomic mass is 19.0. The van der Waals surface area contributed by atoms with Gasteiger partial charge in [-0.3, -0.25) is 19.2 Å². The molecule has 0 unspecified atom stereocenters. The first-order valence-corrected chi connectivity index (χ1v) is 10.2. The SMILES string of the molecule is CCc1nnnn1C.F.O=C1CC(=O)N(c2ccccc2)c2ccc3ccccc3c2C1. The van der Waals surface area contributed by atoms with Gasteiger partial charge in [0.15, 0.2) is 5.82 Å². The molecule has 7 nitrogen and oxygen atoms in total. The second-order valence-corrected chi connectivity index (χ2v) is 7.31. The zero-order valence-electron chi connectivity index (χ0n) is 17.9. The molecule has 0 saturated heterocycles. The maximum atomic E-state index is 12.6. The molecule has 2 heterocycles. The summed E-state index contributed by atoms with van der Waals surface area (Å²) in [5.41, 5.74) is 2.54. The number of hydrogen-bond donors (Lipinski definition) is 0. The number of nitrogens with zero attached hydrogens (tertiary/aromatic N) is 5. The molecule has 164 valence electrons. The van der Waals surface area contributed by atoms with Crippen LogP contribution in [0.25, 0.3) is 10.8 Å². The molecule has 0 N–H and O–H groups in total. The van der Waals surface area contributed by atoms with Gasteiger partial charge in [0.05, 0.1) is 12.1 Å². The van der Waals surface area contributed by atoms with Gasteiger partial charge in [-0.1, -0.05) is 55.5 Å². The number of benzene rings is 3. The number of amides is 1. The van der Waals surface area contributed by atoms with Gasteiger partial charge < -0.3 is 0 Å². The highest BCUT2D eigenvalue weighted by Crippen LogP contribution is 2.36. The summed E-state index contributed by atoms with van der Waals surface area (Å²) in [5.74, 6) is 0.714. The number of para-hydroxylation sites is 1. The van der Waals surface area contributed by atoms with E-state index < -0.39 is 0 Å². The number of carbonyl (C=O) groups excluding carboxylic acids is 2. The summed E-state index contributed by atoms with van der Waals surface area (Å²) >= 11 is 0. The average molecular weight is 433 g/mol. The van der Waals surface area contributed by atoms with Gasteiger partial charge in [0.25, 0.3) is 0 Å². The standard InChI is InChI=1S/C20H15NO2.C4H8N4.FH/c22-16-12-18-17-9-5-4-6-14(17)10-11-19(18)21(20(23)13-16)15-7-2-1-3-8-15;1-3-4-5-6-7-8(4)2;/h1-11H,12-13H2;3H2,1-2H3;1H. The second kappa shape index (κ2) is 9.91. The van der Waals surface area contributed by atoms with E-state index in [0.29, 0.717) is 6.42 Å². The highest BCUT2D eigenvalue weighted by Gasteiger charge is 2.28. The van der Waals surface area contributed by atoms with E-state index in [1.165, 1.54) is 0 Å². The number of aromatic nitrogens is 4. The Balaban J connectivity index is 0.000000274. The Morgan fingerprint density at radius 2 is 1.62 bits per heavy atom. The van der Waals surface area contributed by atoms with Gasteiger partial charge in [-0.05, 0) is 45.0 Å². The van der Waals surface area contributed by atoms with Crippen molar-refractivity contribution >= 4 is 33.8 Å². The van der Waals surface area contributed by atoms with Crippen LogP contribution < -0.4 is 4.90 Å². The Hall–Kier alpha value is -3.94. The number of anilines is 2. The summed E-state index contributed by atoms with van der Waals surface area (Å²) in [5, 5.41) is 13.0. The molecule has 0 bridgehead atoms. The molecule has 32 heavy (non-hydrogen) atoms. The van der Waals surface area contributed by atoms with Crippen LogP contribution in [0.2, 0.25) is 0 Å². The van der Waals surface area contributed by atoms with Crippen molar-refractivity contribution in [3.8, 4) is 0 Å². The maximum absolute atomic E-state index is 12.6. The Morgan fingerprint density at radius 3 is 2.28 bits per heavy atom. The molecule has 0 aliphatic carbocycles. The second-order valence-electron chi connectivity index (χ2n) is 7.31. The van der Waals surface area contributed by atoms with Crippen LogP contribution in [0.15, 0.2) is 66.7 Å². The number of halogens is 1. The zero-order chi connectivity index (χ0) is 21.8. The van der Waals surface area contributed by atoms with E-state index in [9.17, 15) is 9.59 Å². The molecule has 5 rings (SSSR count). The van der Waals surface area contributed by atoms with E-state index in [2.05, 4.69) is 15.5 Å². The molecule has 0 fully saturated rings. The summed E-state index contributed by atoms with van der Waals surface area (Å²) in [7, 11) is 1.83. The average Bonchev–Trinajstić information content (AvgIpc) is 3.15. The van der Waals surface area contributed by atoms with Crippen LogP contribution in [0.3, 0.4) is 0 Å². The molecule has 8 heteroatoms. The number of carbonyl (C=O) groups is 2. The topological polar surface area (TPSA) is 81.0 Å². The number of rotatable bonds is 2. The van der Waals surface area contributed by atoms with Crippen LogP contribution in [0.5, 0.6) is 0 Å². The lowest BCUT2D eigenvalue weighted by molar-refractivity contribution is -0.125. The van der Waals surface area contributed by atoms with Gasteiger partial charge in [-0.2, -0.15) is 0 Å². The van der Waals surface area contributed by atoms with Crippen LogP contribution in [-0.2, 0) is 29.5 Å². The summed E-state index contributed by atoms with van der Waals surface area (Å²) in [6.07, 6.45) is 1.13. The fourth-order valence-electron chi connectivity index (χ4n) is 3.77. The van der Waals surface area contributed by atoms with E-state index in [4.69, 9.17) is 0 Å². The quantitative estimate of drug-likeness (QED) is 0.447. The minimum Gasteiger partial charge on any atom is -0.299 e. The molecule has 1 amide bonds. The number of ketones is 1. The van der Waals surface area contributed by atoms with Crippen LogP contribution in [-0.4, -0.2) is 31.9 Å². The molecule has 0 atom stereocenters. The molecule has 1 aliphatic heterocycles. The lowest BCUT2D eigenvalue weighted by Crippen LogP contribution is -2.26. The fourth-order valence-corrected chi connectivity index (χ4v) is 3.77. The first kappa shape index (κ1) is 22.7. The normalized spacial score (nSPS) is 13.0. The Morgan fingerprint density at radius 1 is 0.906 bits per heavy atom. The lowest BCUT2D eigenvalue weighted by atomic mass is 9.98. The number of tetrazole rings is 1. The van der Waals surface area contributed by atoms with Crippen molar-refractivity contribution in [2.24, 2.45) is 7.05 Å².